The van der Waals surface area contributed by atoms with Gasteiger partial charge in [0, 0.05) is 16.9 Å². The third-order valence-electron chi connectivity index (χ3n) is 5.80. The van der Waals surface area contributed by atoms with Gasteiger partial charge in [0.1, 0.15) is 5.76 Å². The molecule has 0 aliphatic heterocycles. The first-order valence-electron chi connectivity index (χ1n) is 8.44. The Morgan fingerprint density at radius 3 is 2.78 bits per heavy atom. The third-order valence-corrected chi connectivity index (χ3v) is 5.80. The van der Waals surface area contributed by atoms with Crippen LogP contribution in [0.1, 0.15) is 56.9 Å². The maximum atomic E-state index is 12.7. The van der Waals surface area contributed by atoms with Crippen LogP contribution in [0.5, 0.6) is 0 Å². The number of allylic oxidation sites excluding steroid dienone is 2. The molecule has 0 spiro atoms. The molecule has 0 saturated heterocycles. The van der Waals surface area contributed by atoms with Crippen LogP contribution in [0.2, 0.25) is 0 Å². The molecule has 0 unspecified atom stereocenters. The minimum absolute atomic E-state index is 0.138. The van der Waals surface area contributed by atoms with Crippen LogP contribution in [0.15, 0.2) is 28.4 Å². The highest BCUT2D eigenvalue weighted by molar-refractivity contribution is 5.96. The number of aryl methyl sites for hydroxylation is 1. The SMILES string of the molecule is CC1=Cc2occ(C)c2C[C@@H]2[C@](C)(O)C=CC(=O)[C@@]2(C)CCC1. The molecule has 124 valence electrons. The summed E-state index contributed by atoms with van der Waals surface area (Å²) in [6.07, 6.45) is 10.5. The van der Waals surface area contributed by atoms with Crippen molar-refractivity contribution in [3.05, 3.63) is 40.9 Å². The van der Waals surface area contributed by atoms with Gasteiger partial charge >= 0.3 is 0 Å². The van der Waals surface area contributed by atoms with Gasteiger partial charge in [0.25, 0.3) is 0 Å². The number of hydrogen-bond acceptors (Lipinski definition) is 3. The van der Waals surface area contributed by atoms with Crippen molar-refractivity contribution in [2.75, 3.05) is 0 Å². The molecule has 1 aromatic heterocycles. The fraction of sp³-hybridized carbons (Fsp3) is 0.550. The Bertz CT molecular complexity index is 690. The van der Waals surface area contributed by atoms with Crippen LogP contribution in [0.4, 0.5) is 0 Å². The molecule has 3 rings (SSSR count). The molecule has 0 amide bonds. The maximum absolute atomic E-state index is 12.7. The number of hydrogen-bond donors (Lipinski definition) is 1. The predicted octanol–water partition coefficient (Wildman–Crippen LogP) is 4.23. The molecule has 3 atom stereocenters. The van der Waals surface area contributed by atoms with Crippen molar-refractivity contribution in [3.63, 3.8) is 0 Å². The van der Waals surface area contributed by atoms with Crippen LogP contribution in [0.3, 0.4) is 0 Å². The van der Waals surface area contributed by atoms with E-state index in [-0.39, 0.29) is 11.7 Å². The Labute approximate surface area is 138 Å². The molecule has 2 aliphatic rings. The van der Waals surface area contributed by atoms with Gasteiger partial charge in [-0.1, -0.05) is 12.5 Å². The van der Waals surface area contributed by atoms with Crippen LogP contribution < -0.4 is 0 Å². The van der Waals surface area contributed by atoms with Crippen LogP contribution in [0, 0.1) is 18.3 Å². The maximum Gasteiger partial charge on any atom is 0.161 e. The van der Waals surface area contributed by atoms with E-state index in [1.54, 1.807) is 18.4 Å². The van der Waals surface area contributed by atoms with Crippen LogP contribution >= 0.6 is 0 Å². The largest absolute Gasteiger partial charge is 0.464 e. The second kappa shape index (κ2) is 5.48. The summed E-state index contributed by atoms with van der Waals surface area (Å²) in [4.78, 5) is 12.7. The Balaban J connectivity index is 2.14. The van der Waals surface area contributed by atoms with Gasteiger partial charge in [-0.2, -0.15) is 0 Å². The minimum Gasteiger partial charge on any atom is -0.464 e. The first-order chi connectivity index (χ1) is 10.7. The molecule has 1 N–H and O–H groups in total. The summed E-state index contributed by atoms with van der Waals surface area (Å²) in [7, 11) is 0. The minimum atomic E-state index is -0.985. The molecular formula is C20H26O3. The van der Waals surface area contributed by atoms with Gasteiger partial charge in [0.15, 0.2) is 5.78 Å². The van der Waals surface area contributed by atoms with E-state index < -0.39 is 11.0 Å². The number of fused-ring (bicyclic) bond motifs is 2. The average molecular weight is 314 g/mol. The third kappa shape index (κ3) is 2.72. The van der Waals surface area contributed by atoms with Crippen molar-refractivity contribution in [1.29, 1.82) is 0 Å². The second-order valence-corrected chi connectivity index (χ2v) is 7.70. The van der Waals surface area contributed by atoms with E-state index in [0.29, 0.717) is 6.42 Å². The monoisotopic (exact) mass is 314 g/mol. The molecule has 0 radical (unpaired) electrons. The topological polar surface area (TPSA) is 50.4 Å². The summed E-state index contributed by atoms with van der Waals surface area (Å²) in [6.45, 7) is 7.99. The number of rotatable bonds is 0. The number of carbonyl (C=O) groups excluding carboxylic acids is 1. The van der Waals surface area contributed by atoms with Crippen molar-refractivity contribution < 1.29 is 14.3 Å². The molecule has 3 heteroatoms. The standard InChI is InChI=1S/C20H26O3/c1-13-6-5-8-19(3)17(20(4,22)9-7-18(19)21)11-15-14(2)12-23-16(15)10-13/h7,9-10,12,17,22H,5-6,8,11H2,1-4H3/t17-,19-,20+/m0/s1. The highest BCUT2D eigenvalue weighted by atomic mass is 16.3. The highest BCUT2D eigenvalue weighted by Crippen LogP contribution is 2.47. The summed E-state index contributed by atoms with van der Waals surface area (Å²) in [6, 6.07) is 0. The molecule has 0 fully saturated rings. The quantitative estimate of drug-likeness (QED) is 0.779. The molecule has 0 bridgehead atoms. The lowest BCUT2D eigenvalue weighted by Crippen LogP contribution is -2.51. The van der Waals surface area contributed by atoms with E-state index in [1.807, 2.05) is 20.8 Å². The number of carbonyl (C=O) groups is 1. The van der Waals surface area contributed by atoms with Gasteiger partial charge in [-0.25, -0.2) is 0 Å². The fourth-order valence-electron chi connectivity index (χ4n) is 4.20. The Morgan fingerprint density at radius 1 is 1.30 bits per heavy atom. The smallest absolute Gasteiger partial charge is 0.161 e. The Kier molecular flexibility index (Phi) is 3.88. The lowest BCUT2D eigenvalue weighted by Gasteiger charge is -2.46. The number of furan rings is 1. The second-order valence-electron chi connectivity index (χ2n) is 7.70. The Hall–Kier alpha value is -1.61. The zero-order valence-electron chi connectivity index (χ0n) is 14.5. The van der Waals surface area contributed by atoms with Gasteiger partial charge in [-0.15, -0.1) is 0 Å². The summed E-state index contributed by atoms with van der Waals surface area (Å²) >= 11 is 0. The van der Waals surface area contributed by atoms with Gasteiger partial charge in [0.2, 0.25) is 0 Å². The average Bonchev–Trinajstić information content (AvgIpc) is 2.80. The van der Waals surface area contributed by atoms with Gasteiger partial charge in [0.05, 0.1) is 11.9 Å². The molecular weight excluding hydrogens is 288 g/mol. The number of aliphatic hydroxyl groups is 1. The van der Waals surface area contributed by atoms with Gasteiger partial charge in [-0.3, -0.25) is 4.79 Å². The normalized spacial score (nSPS) is 34.6. The van der Waals surface area contributed by atoms with Gasteiger partial charge < -0.3 is 9.52 Å². The van der Waals surface area contributed by atoms with E-state index in [0.717, 1.165) is 36.1 Å². The van der Waals surface area contributed by atoms with Crippen LogP contribution in [-0.4, -0.2) is 16.5 Å². The predicted molar refractivity (Wildman–Crippen MR) is 91.0 cm³/mol. The molecule has 0 saturated carbocycles. The molecule has 1 aromatic rings. The van der Waals surface area contributed by atoms with Crippen LogP contribution in [-0.2, 0) is 11.2 Å². The van der Waals surface area contributed by atoms with E-state index in [2.05, 4.69) is 13.0 Å². The van der Waals surface area contributed by atoms with E-state index in [1.165, 1.54) is 5.57 Å². The van der Waals surface area contributed by atoms with Crippen molar-refractivity contribution in [1.82, 2.24) is 0 Å². The molecule has 1 heterocycles. The summed E-state index contributed by atoms with van der Waals surface area (Å²) in [5, 5.41) is 11.0. The lowest BCUT2D eigenvalue weighted by molar-refractivity contribution is -0.135. The van der Waals surface area contributed by atoms with Crippen molar-refractivity contribution in [2.24, 2.45) is 11.3 Å². The highest BCUT2D eigenvalue weighted by Gasteiger charge is 2.50. The van der Waals surface area contributed by atoms with Crippen LogP contribution in [0.25, 0.3) is 6.08 Å². The first-order valence-corrected chi connectivity index (χ1v) is 8.44. The van der Waals surface area contributed by atoms with Gasteiger partial charge in [-0.05, 0) is 70.2 Å². The summed E-state index contributed by atoms with van der Waals surface area (Å²) in [5.41, 5.74) is 1.96. The van der Waals surface area contributed by atoms with Crippen molar-refractivity contribution >= 4 is 11.9 Å². The Morgan fingerprint density at radius 2 is 2.04 bits per heavy atom. The summed E-state index contributed by atoms with van der Waals surface area (Å²) in [5.74, 6) is 0.871. The van der Waals surface area contributed by atoms with Crippen molar-refractivity contribution in [2.45, 2.75) is 59.0 Å². The fourth-order valence-corrected chi connectivity index (χ4v) is 4.20. The molecule has 2 aliphatic carbocycles. The molecule has 3 nitrogen and oxygen atoms in total. The first kappa shape index (κ1) is 16.3. The number of ketones is 1. The van der Waals surface area contributed by atoms with Crippen molar-refractivity contribution in [3.8, 4) is 0 Å². The van der Waals surface area contributed by atoms with E-state index in [4.69, 9.17) is 4.42 Å². The van der Waals surface area contributed by atoms with E-state index >= 15 is 0 Å². The molecule has 0 aromatic carbocycles. The zero-order chi connectivity index (χ0) is 16.8. The molecule has 23 heavy (non-hydrogen) atoms. The zero-order valence-corrected chi connectivity index (χ0v) is 14.5. The summed E-state index contributed by atoms with van der Waals surface area (Å²) < 4.78 is 5.74. The van der Waals surface area contributed by atoms with E-state index in [9.17, 15) is 9.90 Å². The lowest BCUT2D eigenvalue weighted by atomic mass is 9.59.